The average Bonchev–Trinajstić information content (AvgIpc) is 3.32. The van der Waals surface area contributed by atoms with Gasteiger partial charge in [0.25, 0.3) is 5.91 Å². The molecule has 0 spiro atoms. The molecule has 1 atom stereocenters. The first-order chi connectivity index (χ1) is 17.6. The maximum absolute atomic E-state index is 13.4. The lowest BCUT2D eigenvalue weighted by Crippen LogP contribution is -2.35. The van der Waals surface area contributed by atoms with Crippen LogP contribution in [0, 0.1) is 11.3 Å². The smallest absolute Gasteiger partial charge is 0.254 e. The Bertz CT molecular complexity index is 1350. The molecule has 8 heteroatoms. The predicted octanol–water partition coefficient (Wildman–Crippen LogP) is 6.41. The molecule has 1 aromatic heterocycles. The minimum absolute atomic E-state index is 0.328. The number of hydrogen-bond acceptors (Lipinski definition) is 5. The molecule has 182 valence electrons. The summed E-state index contributed by atoms with van der Waals surface area (Å²) in [5.74, 6) is 1.15. The molecule has 4 rings (SSSR count). The topological polar surface area (TPSA) is 83.6 Å². The van der Waals surface area contributed by atoms with Gasteiger partial charge in [0.2, 0.25) is 0 Å². The molecule has 0 saturated heterocycles. The number of nitriles is 1. The molecule has 4 aromatic rings. The van der Waals surface area contributed by atoms with E-state index in [1.807, 2.05) is 59.2 Å². The van der Waals surface area contributed by atoms with E-state index in [0.717, 1.165) is 36.2 Å². The molecule has 1 unspecified atom stereocenters. The SMILES string of the molecule is CCCCc1nnc(SCc2ccc(Cl)cc2)n1C(NC(=O)c1ccccc1C#N)c1ccccc1. The monoisotopic (exact) mass is 515 g/mol. The Morgan fingerprint density at radius 1 is 1.06 bits per heavy atom. The van der Waals surface area contributed by atoms with Gasteiger partial charge in [0.05, 0.1) is 17.2 Å². The summed E-state index contributed by atoms with van der Waals surface area (Å²) in [5, 5.41) is 23.1. The summed E-state index contributed by atoms with van der Waals surface area (Å²) in [6.07, 6.45) is 2.16. The van der Waals surface area contributed by atoms with Crippen LogP contribution in [0.1, 0.15) is 58.8 Å². The molecule has 0 aliphatic rings. The van der Waals surface area contributed by atoms with Crippen LogP contribution in [0.5, 0.6) is 0 Å². The molecule has 6 nitrogen and oxygen atoms in total. The van der Waals surface area contributed by atoms with Crippen molar-refractivity contribution in [1.82, 2.24) is 20.1 Å². The zero-order chi connectivity index (χ0) is 25.3. The van der Waals surface area contributed by atoms with Gasteiger partial charge < -0.3 is 5.32 Å². The van der Waals surface area contributed by atoms with Crippen molar-refractivity contribution in [3.05, 3.63) is 112 Å². The number of nitrogens with one attached hydrogen (secondary N) is 1. The first-order valence-corrected chi connectivity index (χ1v) is 13.1. The number of halogens is 1. The summed E-state index contributed by atoms with van der Waals surface area (Å²) in [6.45, 7) is 2.13. The number of hydrogen-bond donors (Lipinski definition) is 1. The fourth-order valence-corrected chi connectivity index (χ4v) is 4.87. The molecule has 0 saturated carbocycles. The summed E-state index contributed by atoms with van der Waals surface area (Å²) >= 11 is 7.60. The molecule has 36 heavy (non-hydrogen) atoms. The number of rotatable bonds is 10. The fraction of sp³-hybridized carbons (Fsp3) is 0.214. The zero-order valence-corrected chi connectivity index (χ0v) is 21.5. The summed E-state index contributed by atoms with van der Waals surface area (Å²) in [4.78, 5) is 13.4. The van der Waals surface area contributed by atoms with Crippen molar-refractivity contribution >= 4 is 29.3 Å². The minimum atomic E-state index is -0.542. The molecule has 1 amide bonds. The molecule has 3 aromatic carbocycles. The first-order valence-electron chi connectivity index (χ1n) is 11.8. The van der Waals surface area contributed by atoms with Crippen molar-refractivity contribution in [3.63, 3.8) is 0 Å². The van der Waals surface area contributed by atoms with Gasteiger partial charge in [-0.05, 0) is 41.8 Å². The van der Waals surface area contributed by atoms with Crippen molar-refractivity contribution in [2.45, 2.75) is 43.3 Å². The van der Waals surface area contributed by atoms with E-state index in [1.165, 1.54) is 0 Å². The second-order valence-electron chi connectivity index (χ2n) is 8.23. The molecule has 0 fully saturated rings. The average molecular weight is 516 g/mol. The number of nitrogens with zero attached hydrogens (tertiary/aromatic N) is 4. The Hall–Kier alpha value is -3.60. The highest BCUT2D eigenvalue weighted by atomic mass is 35.5. The van der Waals surface area contributed by atoms with Gasteiger partial charge in [0.1, 0.15) is 12.0 Å². The minimum Gasteiger partial charge on any atom is -0.327 e. The van der Waals surface area contributed by atoms with Gasteiger partial charge in [0, 0.05) is 17.2 Å². The van der Waals surface area contributed by atoms with E-state index in [0.29, 0.717) is 27.1 Å². The van der Waals surface area contributed by atoms with Crippen molar-refractivity contribution in [2.75, 3.05) is 0 Å². The van der Waals surface area contributed by atoms with Crippen LogP contribution in [-0.2, 0) is 12.2 Å². The van der Waals surface area contributed by atoms with Crippen LogP contribution >= 0.6 is 23.4 Å². The number of carbonyl (C=O) groups excluding carboxylic acids is 1. The standard InChI is InChI=1S/C28H26ClN5OS/c1-2-3-13-25-32-33-28(36-19-20-14-16-23(29)17-15-20)34(25)26(21-9-5-4-6-10-21)31-27(35)24-12-8-7-11-22(24)18-30/h4-12,14-17,26H,2-3,13,19H2,1H3,(H,31,35). The number of aromatic nitrogens is 3. The van der Waals surface area contributed by atoms with Gasteiger partial charge in [-0.3, -0.25) is 9.36 Å². The van der Waals surface area contributed by atoms with Crippen LogP contribution in [0.2, 0.25) is 5.02 Å². The number of aryl methyl sites for hydroxylation is 1. The molecular weight excluding hydrogens is 490 g/mol. The summed E-state index contributed by atoms with van der Waals surface area (Å²) in [7, 11) is 0. The quantitative estimate of drug-likeness (QED) is 0.246. The van der Waals surface area contributed by atoms with Crippen LogP contribution in [0.3, 0.4) is 0 Å². The van der Waals surface area contributed by atoms with Crippen molar-refractivity contribution < 1.29 is 4.79 Å². The van der Waals surface area contributed by atoms with Crippen molar-refractivity contribution in [2.24, 2.45) is 0 Å². The lowest BCUT2D eigenvalue weighted by molar-refractivity contribution is 0.0927. The molecule has 1 heterocycles. The van der Waals surface area contributed by atoms with Crippen molar-refractivity contribution in [1.29, 1.82) is 5.26 Å². The lowest BCUT2D eigenvalue weighted by Gasteiger charge is -2.24. The Morgan fingerprint density at radius 3 is 2.50 bits per heavy atom. The Morgan fingerprint density at radius 2 is 1.78 bits per heavy atom. The highest BCUT2D eigenvalue weighted by Crippen LogP contribution is 2.29. The van der Waals surface area contributed by atoms with E-state index in [-0.39, 0.29) is 5.91 Å². The van der Waals surface area contributed by atoms with Crippen molar-refractivity contribution in [3.8, 4) is 6.07 Å². The largest absolute Gasteiger partial charge is 0.327 e. The number of unbranched alkanes of at least 4 members (excludes halogenated alkanes) is 1. The normalized spacial score (nSPS) is 11.6. The van der Waals surface area contributed by atoms with Gasteiger partial charge in [-0.15, -0.1) is 10.2 Å². The Balaban J connectivity index is 1.72. The van der Waals surface area contributed by atoms with Gasteiger partial charge in [-0.25, -0.2) is 0 Å². The molecule has 1 N–H and O–H groups in total. The molecular formula is C28H26ClN5OS. The van der Waals surface area contributed by atoms with Crippen LogP contribution in [0.4, 0.5) is 0 Å². The highest BCUT2D eigenvalue weighted by molar-refractivity contribution is 7.98. The van der Waals surface area contributed by atoms with Crippen LogP contribution in [0.15, 0.2) is 84.0 Å². The molecule has 0 aliphatic heterocycles. The van der Waals surface area contributed by atoms with Gasteiger partial charge in [0.15, 0.2) is 5.16 Å². The second-order valence-corrected chi connectivity index (χ2v) is 9.61. The molecule has 0 aliphatic carbocycles. The van der Waals surface area contributed by atoms with Crippen LogP contribution in [0.25, 0.3) is 0 Å². The van der Waals surface area contributed by atoms with E-state index in [1.54, 1.807) is 36.0 Å². The molecule has 0 radical (unpaired) electrons. The number of carbonyl (C=O) groups is 1. The highest BCUT2D eigenvalue weighted by Gasteiger charge is 2.25. The van der Waals surface area contributed by atoms with E-state index in [2.05, 4.69) is 28.5 Å². The second kappa shape index (κ2) is 12.4. The summed E-state index contributed by atoms with van der Waals surface area (Å²) < 4.78 is 2.01. The van der Waals surface area contributed by atoms with Crippen LogP contribution < -0.4 is 5.32 Å². The zero-order valence-electron chi connectivity index (χ0n) is 19.9. The number of benzene rings is 3. The third kappa shape index (κ3) is 6.14. The lowest BCUT2D eigenvalue weighted by atomic mass is 10.1. The van der Waals surface area contributed by atoms with E-state index in [4.69, 9.17) is 11.6 Å². The first kappa shape index (κ1) is 25.5. The van der Waals surface area contributed by atoms with E-state index < -0.39 is 6.17 Å². The molecule has 0 bridgehead atoms. The summed E-state index contributed by atoms with van der Waals surface area (Å²) in [6, 6.07) is 26.4. The van der Waals surface area contributed by atoms with E-state index >= 15 is 0 Å². The number of thioether (sulfide) groups is 1. The summed E-state index contributed by atoms with van der Waals surface area (Å²) in [5.41, 5.74) is 2.66. The van der Waals surface area contributed by atoms with E-state index in [9.17, 15) is 10.1 Å². The van der Waals surface area contributed by atoms with Gasteiger partial charge in [-0.1, -0.05) is 91.3 Å². The predicted molar refractivity (Wildman–Crippen MR) is 143 cm³/mol. The third-order valence-corrected chi connectivity index (χ3v) is 6.97. The fourth-order valence-electron chi connectivity index (χ4n) is 3.81. The third-order valence-electron chi connectivity index (χ3n) is 5.70. The van der Waals surface area contributed by atoms with Gasteiger partial charge in [-0.2, -0.15) is 5.26 Å². The Kier molecular flexibility index (Phi) is 8.77. The van der Waals surface area contributed by atoms with Crippen LogP contribution in [-0.4, -0.2) is 20.7 Å². The number of amides is 1. The maximum atomic E-state index is 13.4. The Labute approximate surface area is 220 Å². The maximum Gasteiger partial charge on any atom is 0.254 e. The van der Waals surface area contributed by atoms with Gasteiger partial charge >= 0.3 is 0 Å².